The number of nitrogens with zero attached hydrogens (tertiary/aromatic N) is 2. The van der Waals surface area contributed by atoms with E-state index in [4.69, 9.17) is 5.11 Å². The molecule has 0 saturated heterocycles. The molecular weight excluding hydrogens is 312 g/mol. The van der Waals surface area contributed by atoms with Gasteiger partial charge in [-0.05, 0) is 12.5 Å². The number of aryl methyl sites for hydroxylation is 1. The second kappa shape index (κ2) is 8.26. The van der Waals surface area contributed by atoms with Crippen molar-refractivity contribution in [3.63, 3.8) is 0 Å². The second-order valence-electron chi connectivity index (χ2n) is 5.82. The molecule has 0 radical (unpaired) electrons. The number of aromatic nitrogens is 2. The molecule has 3 aromatic rings. The van der Waals surface area contributed by atoms with E-state index in [2.05, 4.69) is 51.8 Å². The zero-order valence-corrected chi connectivity index (χ0v) is 14.2. The third-order valence-electron chi connectivity index (χ3n) is 3.75. The van der Waals surface area contributed by atoms with Crippen LogP contribution in [0.15, 0.2) is 60.7 Å². The highest BCUT2D eigenvalue weighted by molar-refractivity contribution is 5.64. The first-order valence-corrected chi connectivity index (χ1v) is 8.33. The number of hydrogen-bond donors (Lipinski definition) is 3. The van der Waals surface area contributed by atoms with Gasteiger partial charge in [-0.15, -0.1) is 0 Å². The number of rotatable bonds is 7. The molecule has 0 fully saturated rings. The van der Waals surface area contributed by atoms with Crippen LogP contribution in [0.5, 0.6) is 0 Å². The van der Waals surface area contributed by atoms with Crippen molar-refractivity contribution in [3.05, 3.63) is 71.8 Å². The molecule has 1 heterocycles. The fraction of sp³-hybridized carbons (Fsp3) is 0.200. The molecule has 0 amide bonds. The van der Waals surface area contributed by atoms with Gasteiger partial charge in [-0.25, -0.2) is 4.98 Å². The monoisotopic (exact) mass is 334 g/mol. The number of nitrogens with one attached hydrogen (secondary N) is 2. The van der Waals surface area contributed by atoms with E-state index >= 15 is 0 Å². The van der Waals surface area contributed by atoms with Gasteiger partial charge in [0, 0.05) is 24.7 Å². The Labute approximate surface area is 147 Å². The lowest BCUT2D eigenvalue weighted by atomic mass is 10.1. The van der Waals surface area contributed by atoms with Crippen molar-refractivity contribution in [2.45, 2.75) is 13.5 Å². The summed E-state index contributed by atoms with van der Waals surface area (Å²) in [6.45, 7) is 3.21. The molecule has 3 N–H and O–H groups in total. The molecule has 128 valence electrons. The van der Waals surface area contributed by atoms with Crippen molar-refractivity contribution in [2.24, 2.45) is 0 Å². The Morgan fingerprint density at radius 3 is 2.52 bits per heavy atom. The molecule has 3 rings (SSSR count). The van der Waals surface area contributed by atoms with Crippen molar-refractivity contribution < 1.29 is 5.11 Å². The van der Waals surface area contributed by atoms with Gasteiger partial charge in [0.2, 0.25) is 5.95 Å². The maximum absolute atomic E-state index is 9.03. The summed E-state index contributed by atoms with van der Waals surface area (Å²) in [4.78, 5) is 9.03. The highest BCUT2D eigenvalue weighted by Gasteiger charge is 2.06. The van der Waals surface area contributed by atoms with Gasteiger partial charge < -0.3 is 15.7 Å². The van der Waals surface area contributed by atoms with E-state index in [0.717, 1.165) is 17.1 Å². The summed E-state index contributed by atoms with van der Waals surface area (Å²) < 4.78 is 0. The normalized spacial score (nSPS) is 10.5. The van der Waals surface area contributed by atoms with Crippen molar-refractivity contribution in [1.29, 1.82) is 0 Å². The van der Waals surface area contributed by atoms with E-state index in [1.807, 2.05) is 36.4 Å². The first-order valence-electron chi connectivity index (χ1n) is 8.33. The van der Waals surface area contributed by atoms with E-state index in [9.17, 15) is 0 Å². The van der Waals surface area contributed by atoms with Crippen LogP contribution in [0.2, 0.25) is 0 Å². The van der Waals surface area contributed by atoms with Crippen LogP contribution in [0, 0.1) is 6.92 Å². The van der Waals surface area contributed by atoms with Crippen LogP contribution < -0.4 is 10.6 Å². The molecule has 0 saturated carbocycles. The SMILES string of the molecule is Cc1cccc(CNc2cc(-c3ccccc3)nc(NCCO)n2)c1. The minimum Gasteiger partial charge on any atom is -0.395 e. The van der Waals surface area contributed by atoms with E-state index in [0.29, 0.717) is 19.0 Å². The van der Waals surface area contributed by atoms with Crippen LogP contribution >= 0.6 is 0 Å². The van der Waals surface area contributed by atoms with E-state index < -0.39 is 0 Å². The van der Waals surface area contributed by atoms with Crippen LogP contribution in [0.4, 0.5) is 11.8 Å². The Hall–Kier alpha value is -2.92. The van der Waals surface area contributed by atoms with Crippen LogP contribution in [-0.4, -0.2) is 28.2 Å². The largest absolute Gasteiger partial charge is 0.395 e. The standard InChI is InChI=1S/C20H22N4O/c1-15-6-5-7-16(12-15)14-22-19-13-18(17-8-3-2-4-9-17)23-20(24-19)21-10-11-25/h2-9,12-13,25H,10-11,14H2,1H3,(H2,21,22,23,24). The van der Waals surface area contributed by atoms with Crippen molar-refractivity contribution in [2.75, 3.05) is 23.8 Å². The summed E-state index contributed by atoms with van der Waals surface area (Å²) >= 11 is 0. The molecule has 0 unspecified atom stereocenters. The van der Waals surface area contributed by atoms with E-state index in [-0.39, 0.29) is 6.61 Å². The van der Waals surface area contributed by atoms with E-state index in [1.54, 1.807) is 0 Å². The maximum atomic E-state index is 9.03. The van der Waals surface area contributed by atoms with Gasteiger partial charge in [-0.2, -0.15) is 4.98 Å². The summed E-state index contributed by atoms with van der Waals surface area (Å²) in [6, 6.07) is 20.3. The Balaban J connectivity index is 1.84. The molecule has 0 atom stereocenters. The molecular formula is C20H22N4O. The average Bonchev–Trinajstić information content (AvgIpc) is 2.65. The average molecular weight is 334 g/mol. The Morgan fingerprint density at radius 2 is 1.76 bits per heavy atom. The second-order valence-corrected chi connectivity index (χ2v) is 5.82. The smallest absolute Gasteiger partial charge is 0.225 e. The molecule has 5 heteroatoms. The van der Waals surface area contributed by atoms with Gasteiger partial charge in [-0.3, -0.25) is 0 Å². The molecule has 25 heavy (non-hydrogen) atoms. The van der Waals surface area contributed by atoms with Crippen LogP contribution in [0.3, 0.4) is 0 Å². The number of hydrogen-bond acceptors (Lipinski definition) is 5. The maximum Gasteiger partial charge on any atom is 0.225 e. The Kier molecular flexibility index (Phi) is 5.59. The molecule has 0 spiro atoms. The lowest BCUT2D eigenvalue weighted by molar-refractivity contribution is 0.311. The van der Waals surface area contributed by atoms with Gasteiger partial charge in [0.05, 0.1) is 12.3 Å². The minimum atomic E-state index is 0.0327. The molecule has 5 nitrogen and oxygen atoms in total. The zero-order chi connectivity index (χ0) is 17.5. The number of anilines is 2. The lowest BCUT2D eigenvalue weighted by Crippen LogP contribution is -2.11. The fourth-order valence-electron chi connectivity index (χ4n) is 2.56. The number of aliphatic hydroxyl groups excluding tert-OH is 1. The van der Waals surface area contributed by atoms with Crippen molar-refractivity contribution >= 4 is 11.8 Å². The molecule has 1 aromatic heterocycles. The number of aliphatic hydroxyl groups is 1. The predicted molar refractivity (Wildman–Crippen MR) is 102 cm³/mol. The van der Waals surface area contributed by atoms with Crippen molar-refractivity contribution in [3.8, 4) is 11.3 Å². The van der Waals surface area contributed by atoms with Gasteiger partial charge in [-0.1, -0.05) is 60.2 Å². The Bertz CT molecular complexity index is 821. The third-order valence-corrected chi connectivity index (χ3v) is 3.75. The van der Waals surface area contributed by atoms with E-state index in [1.165, 1.54) is 11.1 Å². The van der Waals surface area contributed by atoms with Gasteiger partial charge in [0.1, 0.15) is 5.82 Å². The topological polar surface area (TPSA) is 70.1 Å². The predicted octanol–water partition coefficient (Wildman–Crippen LogP) is 3.47. The summed E-state index contributed by atoms with van der Waals surface area (Å²) in [5.41, 5.74) is 4.29. The third kappa shape index (κ3) is 4.78. The Morgan fingerprint density at radius 1 is 0.920 bits per heavy atom. The van der Waals surface area contributed by atoms with Crippen LogP contribution in [0.1, 0.15) is 11.1 Å². The van der Waals surface area contributed by atoms with Crippen LogP contribution in [0.25, 0.3) is 11.3 Å². The molecule has 0 aliphatic heterocycles. The first kappa shape index (κ1) is 16.9. The summed E-state index contributed by atoms with van der Waals surface area (Å²) in [7, 11) is 0. The summed E-state index contributed by atoms with van der Waals surface area (Å²) in [5.74, 6) is 1.25. The van der Waals surface area contributed by atoms with Crippen LogP contribution in [-0.2, 0) is 6.54 Å². The lowest BCUT2D eigenvalue weighted by Gasteiger charge is -2.11. The number of benzene rings is 2. The summed E-state index contributed by atoms with van der Waals surface area (Å²) in [6.07, 6.45) is 0. The summed E-state index contributed by atoms with van der Waals surface area (Å²) in [5, 5.41) is 15.4. The zero-order valence-electron chi connectivity index (χ0n) is 14.2. The molecule has 0 aliphatic carbocycles. The van der Waals surface area contributed by atoms with Gasteiger partial charge in [0.25, 0.3) is 0 Å². The molecule has 0 aliphatic rings. The first-order chi connectivity index (χ1) is 12.2. The fourth-order valence-corrected chi connectivity index (χ4v) is 2.56. The highest BCUT2D eigenvalue weighted by atomic mass is 16.3. The van der Waals surface area contributed by atoms with Crippen molar-refractivity contribution in [1.82, 2.24) is 9.97 Å². The molecule has 2 aromatic carbocycles. The quantitative estimate of drug-likeness (QED) is 0.617. The molecule has 0 bridgehead atoms. The minimum absolute atomic E-state index is 0.0327. The highest BCUT2D eigenvalue weighted by Crippen LogP contribution is 2.21. The van der Waals surface area contributed by atoms with Gasteiger partial charge in [0.15, 0.2) is 0 Å². The van der Waals surface area contributed by atoms with Gasteiger partial charge >= 0.3 is 0 Å².